The van der Waals surface area contributed by atoms with E-state index in [1.165, 1.54) is 42.4 Å². The van der Waals surface area contributed by atoms with Crippen LogP contribution in [0, 0.1) is 13.8 Å². The molecule has 1 atom stereocenters. The second-order valence-corrected chi connectivity index (χ2v) is 6.46. The van der Waals surface area contributed by atoms with Gasteiger partial charge in [-0.15, -0.1) is 0 Å². The quantitative estimate of drug-likeness (QED) is 0.926. The summed E-state index contributed by atoms with van der Waals surface area (Å²) >= 11 is 0. The highest BCUT2D eigenvalue weighted by Crippen LogP contribution is 2.29. The minimum atomic E-state index is 0.0236. The first-order chi connectivity index (χ1) is 10.1. The largest absolute Gasteiger partial charge is 0.324 e. The SMILES string of the molecule is Cc1cc(C)cc(C(N)Cc2ccn(C3CCCC3)n2)c1. The zero-order chi connectivity index (χ0) is 14.8. The van der Waals surface area contributed by atoms with Crippen LogP contribution in [0.2, 0.25) is 0 Å². The van der Waals surface area contributed by atoms with Gasteiger partial charge in [0.2, 0.25) is 0 Å². The number of benzene rings is 1. The van der Waals surface area contributed by atoms with E-state index >= 15 is 0 Å². The van der Waals surface area contributed by atoms with Gasteiger partial charge in [0.15, 0.2) is 0 Å². The highest BCUT2D eigenvalue weighted by Gasteiger charge is 2.18. The summed E-state index contributed by atoms with van der Waals surface area (Å²) in [5.41, 5.74) is 11.2. The van der Waals surface area contributed by atoms with Crippen LogP contribution in [0.1, 0.15) is 60.2 Å². The van der Waals surface area contributed by atoms with Gasteiger partial charge in [-0.25, -0.2) is 0 Å². The van der Waals surface area contributed by atoms with Crippen molar-refractivity contribution in [1.82, 2.24) is 9.78 Å². The molecule has 0 amide bonds. The second-order valence-electron chi connectivity index (χ2n) is 6.46. The molecule has 1 heterocycles. The average molecular weight is 283 g/mol. The molecular weight excluding hydrogens is 258 g/mol. The maximum Gasteiger partial charge on any atom is 0.0643 e. The molecule has 3 heteroatoms. The van der Waals surface area contributed by atoms with Crippen molar-refractivity contribution in [3.05, 3.63) is 52.8 Å². The van der Waals surface area contributed by atoms with Gasteiger partial charge in [-0.05, 0) is 38.3 Å². The van der Waals surface area contributed by atoms with E-state index in [0.29, 0.717) is 6.04 Å². The van der Waals surface area contributed by atoms with Crippen LogP contribution in [0.3, 0.4) is 0 Å². The molecule has 21 heavy (non-hydrogen) atoms. The van der Waals surface area contributed by atoms with Crippen LogP contribution in [0.4, 0.5) is 0 Å². The van der Waals surface area contributed by atoms with E-state index in [1.807, 2.05) is 0 Å². The molecule has 112 valence electrons. The standard InChI is InChI=1S/C18H25N3/c1-13-9-14(2)11-15(10-13)18(19)12-16-7-8-21(20-16)17-5-3-4-6-17/h7-11,17-18H,3-6,12,19H2,1-2H3. The number of aryl methyl sites for hydroxylation is 2. The molecule has 1 aliphatic rings. The van der Waals surface area contributed by atoms with Crippen molar-refractivity contribution >= 4 is 0 Å². The fourth-order valence-corrected chi connectivity index (χ4v) is 3.43. The van der Waals surface area contributed by atoms with Gasteiger partial charge < -0.3 is 5.73 Å². The molecule has 1 aromatic carbocycles. The number of hydrogen-bond donors (Lipinski definition) is 1. The maximum absolute atomic E-state index is 6.38. The van der Waals surface area contributed by atoms with E-state index in [0.717, 1.165) is 12.1 Å². The molecule has 0 bridgehead atoms. The molecule has 1 aliphatic carbocycles. The molecule has 2 N–H and O–H groups in total. The summed E-state index contributed by atoms with van der Waals surface area (Å²) in [6.07, 6.45) is 8.14. The van der Waals surface area contributed by atoms with Gasteiger partial charge in [0, 0.05) is 18.7 Å². The molecule has 3 rings (SSSR count). The van der Waals surface area contributed by atoms with Gasteiger partial charge in [0.05, 0.1) is 11.7 Å². The van der Waals surface area contributed by atoms with E-state index in [4.69, 9.17) is 10.8 Å². The Morgan fingerprint density at radius 3 is 2.52 bits per heavy atom. The normalized spacial score (nSPS) is 17.3. The third kappa shape index (κ3) is 3.35. The van der Waals surface area contributed by atoms with Crippen molar-refractivity contribution in [3.63, 3.8) is 0 Å². The third-order valence-electron chi connectivity index (χ3n) is 4.46. The van der Waals surface area contributed by atoms with Crippen molar-refractivity contribution in [2.75, 3.05) is 0 Å². The Kier molecular flexibility index (Phi) is 4.11. The van der Waals surface area contributed by atoms with E-state index < -0.39 is 0 Å². The topological polar surface area (TPSA) is 43.8 Å². The van der Waals surface area contributed by atoms with E-state index in [1.54, 1.807) is 0 Å². The monoisotopic (exact) mass is 283 g/mol. The summed E-state index contributed by atoms with van der Waals surface area (Å²) in [4.78, 5) is 0. The van der Waals surface area contributed by atoms with Gasteiger partial charge in [0.25, 0.3) is 0 Å². The molecule has 0 saturated heterocycles. The summed E-state index contributed by atoms with van der Waals surface area (Å²) in [5, 5.41) is 4.74. The number of nitrogens with two attached hydrogens (primary N) is 1. The van der Waals surface area contributed by atoms with Gasteiger partial charge in [-0.1, -0.05) is 42.2 Å². The Balaban J connectivity index is 1.70. The van der Waals surface area contributed by atoms with Crippen LogP contribution in [-0.4, -0.2) is 9.78 Å². The molecule has 3 nitrogen and oxygen atoms in total. The lowest BCUT2D eigenvalue weighted by Crippen LogP contribution is -2.15. The first-order valence-electron chi connectivity index (χ1n) is 7.99. The molecule has 0 spiro atoms. The van der Waals surface area contributed by atoms with Crippen LogP contribution < -0.4 is 5.73 Å². The van der Waals surface area contributed by atoms with Crippen LogP contribution >= 0.6 is 0 Å². The molecule has 1 saturated carbocycles. The zero-order valence-corrected chi connectivity index (χ0v) is 13.0. The van der Waals surface area contributed by atoms with Gasteiger partial charge in [-0.3, -0.25) is 4.68 Å². The lowest BCUT2D eigenvalue weighted by molar-refractivity contribution is 0.461. The van der Waals surface area contributed by atoms with Crippen molar-refractivity contribution < 1.29 is 0 Å². The molecule has 1 fully saturated rings. The van der Waals surface area contributed by atoms with Crippen LogP contribution in [-0.2, 0) is 6.42 Å². The zero-order valence-electron chi connectivity index (χ0n) is 13.0. The van der Waals surface area contributed by atoms with Gasteiger partial charge in [0.1, 0.15) is 0 Å². The molecule has 1 aromatic heterocycles. The highest BCUT2D eigenvalue weighted by atomic mass is 15.3. The van der Waals surface area contributed by atoms with E-state index in [9.17, 15) is 0 Å². The minimum Gasteiger partial charge on any atom is -0.324 e. The fraction of sp³-hybridized carbons (Fsp3) is 0.500. The van der Waals surface area contributed by atoms with Gasteiger partial charge in [-0.2, -0.15) is 5.10 Å². The summed E-state index contributed by atoms with van der Waals surface area (Å²) in [6.45, 7) is 4.25. The smallest absolute Gasteiger partial charge is 0.0643 e. The number of aromatic nitrogens is 2. The minimum absolute atomic E-state index is 0.0236. The Hall–Kier alpha value is -1.61. The molecule has 1 unspecified atom stereocenters. The summed E-state index contributed by atoms with van der Waals surface area (Å²) in [7, 11) is 0. The lowest BCUT2D eigenvalue weighted by atomic mass is 9.99. The summed E-state index contributed by atoms with van der Waals surface area (Å²) in [6, 6.07) is 9.31. The Bertz CT molecular complexity index is 588. The van der Waals surface area contributed by atoms with Crippen LogP contribution in [0.5, 0.6) is 0 Å². The highest BCUT2D eigenvalue weighted by molar-refractivity contribution is 5.31. The molecule has 0 aliphatic heterocycles. The number of nitrogens with zero attached hydrogens (tertiary/aromatic N) is 2. The first kappa shape index (κ1) is 14.3. The van der Waals surface area contributed by atoms with Crippen LogP contribution in [0.25, 0.3) is 0 Å². The van der Waals surface area contributed by atoms with Gasteiger partial charge >= 0.3 is 0 Å². The Labute approximate surface area is 127 Å². The van der Waals surface area contributed by atoms with Crippen molar-refractivity contribution in [2.45, 2.75) is 58.0 Å². The third-order valence-corrected chi connectivity index (χ3v) is 4.46. The van der Waals surface area contributed by atoms with Crippen molar-refractivity contribution in [1.29, 1.82) is 0 Å². The molecular formula is C18H25N3. The van der Waals surface area contributed by atoms with Crippen molar-refractivity contribution in [2.24, 2.45) is 5.73 Å². The lowest BCUT2D eigenvalue weighted by Gasteiger charge is -2.13. The van der Waals surface area contributed by atoms with Crippen molar-refractivity contribution in [3.8, 4) is 0 Å². The molecule has 0 radical (unpaired) electrons. The van der Waals surface area contributed by atoms with E-state index in [-0.39, 0.29) is 6.04 Å². The Morgan fingerprint density at radius 2 is 1.86 bits per heavy atom. The molecule has 2 aromatic rings. The summed E-state index contributed by atoms with van der Waals surface area (Å²) < 4.78 is 2.15. The number of hydrogen-bond acceptors (Lipinski definition) is 2. The first-order valence-corrected chi connectivity index (χ1v) is 7.99. The number of rotatable bonds is 4. The van der Waals surface area contributed by atoms with E-state index in [2.05, 4.69) is 49.0 Å². The predicted octanol–water partition coefficient (Wildman–Crippen LogP) is 3.86. The summed E-state index contributed by atoms with van der Waals surface area (Å²) in [5.74, 6) is 0. The maximum atomic E-state index is 6.38. The fourth-order valence-electron chi connectivity index (χ4n) is 3.43. The second kappa shape index (κ2) is 6.02. The average Bonchev–Trinajstić information content (AvgIpc) is 3.07. The van der Waals surface area contributed by atoms with Crippen LogP contribution in [0.15, 0.2) is 30.5 Å². The Morgan fingerprint density at radius 1 is 1.19 bits per heavy atom. The predicted molar refractivity (Wildman–Crippen MR) is 86.3 cm³/mol.